The number of aromatic nitrogens is 2. The molecule has 2 aromatic carbocycles. The van der Waals surface area contributed by atoms with Gasteiger partial charge in [0.05, 0.1) is 4.90 Å². The van der Waals surface area contributed by atoms with E-state index in [1.807, 2.05) is 0 Å². The van der Waals surface area contributed by atoms with Crippen LogP contribution in [0.4, 0.5) is 0 Å². The number of amides is 1. The Morgan fingerprint density at radius 1 is 1.11 bits per heavy atom. The summed E-state index contributed by atoms with van der Waals surface area (Å²) in [4.78, 5) is 11.9. The first-order valence-electron chi connectivity index (χ1n) is 7.80. The van der Waals surface area contributed by atoms with Crippen molar-refractivity contribution in [2.24, 2.45) is 5.14 Å². The van der Waals surface area contributed by atoms with Crippen molar-refractivity contribution >= 4 is 15.9 Å². The molecule has 0 aliphatic carbocycles. The number of hydrogen-bond acceptors (Lipinski definition) is 7. The summed E-state index contributed by atoms with van der Waals surface area (Å²) in [5, 5.41) is 15.1. The zero-order valence-corrected chi connectivity index (χ0v) is 14.8. The van der Waals surface area contributed by atoms with Gasteiger partial charge in [-0.05, 0) is 42.0 Å². The van der Waals surface area contributed by atoms with Crippen LogP contribution in [0.5, 0.6) is 5.75 Å². The number of nitrogens with zero attached hydrogens (tertiary/aromatic N) is 2. The highest BCUT2D eigenvalue weighted by molar-refractivity contribution is 7.89. The predicted molar refractivity (Wildman–Crippen MR) is 94.9 cm³/mol. The van der Waals surface area contributed by atoms with Crippen molar-refractivity contribution in [3.05, 3.63) is 60.5 Å². The fourth-order valence-electron chi connectivity index (χ4n) is 2.19. The van der Waals surface area contributed by atoms with Crippen LogP contribution in [-0.2, 0) is 21.4 Å². The van der Waals surface area contributed by atoms with Gasteiger partial charge in [-0.25, -0.2) is 13.6 Å². The molecule has 3 rings (SSSR count). The van der Waals surface area contributed by atoms with Gasteiger partial charge in [0.1, 0.15) is 5.75 Å². The lowest BCUT2D eigenvalue weighted by Gasteiger charge is -2.08. The predicted octanol–water partition coefficient (Wildman–Crippen LogP) is 1.08. The number of primary sulfonamides is 1. The van der Waals surface area contributed by atoms with Gasteiger partial charge < -0.3 is 14.5 Å². The van der Waals surface area contributed by atoms with Gasteiger partial charge in [0, 0.05) is 12.1 Å². The Labute approximate surface area is 155 Å². The lowest BCUT2D eigenvalue weighted by Crippen LogP contribution is -2.28. The van der Waals surface area contributed by atoms with Gasteiger partial charge in [-0.15, -0.1) is 10.2 Å². The van der Waals surface area contributed by atoms with Crippen LogP contribution in [0.1, 0.15) is 5.56 Å². The fraction of sp³-hybridized carbons (Fsp3) is 0.118. The average Bonchev–Trinajstić information content (AvgIpc) is 3.19. The molecule has 3 N–H and O–H groups in total. The highest BCUT2D eigenvalue weighted by atomic mass is 32.2. The first kappa shape index (κ1) is 18.5. The molecule has 3 aromatic rings. The second kappa shape index (κ2) is 7.98. The molecule has 0 aliphatic rings. The van der Waals surface area contributed by atoms with Gasteiger partial charge in [0.2, 0.25) is 22.3 Å². The Kier molecular flexibility index (Phi) is 5.48. The number of nitrogens with two attached hydrogens (primary N) is 1. The number of nitrogens with one attached hydrogen (secondary N) is 1. The second-order valence-corrected chi connectivity index (χ2v) is 7.08. The summed E-state index contributed by atoms with van der Waals surface area (Å²) >= 11 is 0. The summed E-state index contributed by atoms with van der Waals surface area (Å²) in [5.74, 6) is 0.602. The number of sulfonamides is 1. The lowest BCUT2D eigenvalue weighted by atomic mass is 10.2. The number of hydrogen-bond donors (Lipinski definition) is 2. The van der Waals surface area contributed by atoms with E-state index in [4.69, 9.17) is 14.3 Å². The fourth-order valence-corrected chi connectivity index (χ4v) is 2.71. The highest BCUT2D eigenvalue weighted by Gasteiger charge is 2.08. The quantitative estimate of drug-likeness (QED) is 0.618. The molecule has 0 aliphatic heterocycles. The maximum atomic E-state index is 11.9. The summed E-state index contributed by atoms with van der Waals surface area (Å²) in [7, 11) is -3.73. The third kappa shape index (κ3) is 5.12. The topological polar surface area (TPSA) is 137 Å². The van der Waals surface area contributed by atoms with E-state index in [9.17, 15) is 13.2 Å². The minimum atomic E-state index is -3.73. The zero-order valence-electron chi connectivity index (χ0n) is 14.0. The van der Waals surface area contributed by atoms with Gasteiger partial charge in [0.15, 0.2) is 6.61 Å². The van der Waals surface area contributed by atoms with E-state index in [0.29, 0.717) is 11.6 Å². The molecule has 0 bridgehead atoms. The maximum Gasteiger partial charge on any atom is 0.258 e. The largest absolute Gasteiger partial charge is 0.484 e. The summed E-state index contributed by atoms with van der Waals surface area (Å²) < 4.78 is 32.9. The van der Waals surface area contributed by atoms with Crippen LogP contribution in [-0.4, -0.2) is 31.1 Å². The highest BCUT2D eigenvalue weighted by Crippen LogP contribution is 2.20. The zero-order chi connectivity index (χ0) is 19.3. The molecular formula is C17H16N4O5S. The van der Waals surface area contributed by atoms with Gasteiger partial charge >= 0.3 is 0 Å². The van der Waals surface area contributed by atoms with Crippen molar-refractivity contribution < 1.29 is 22.4 Å². The number of carbonyl (C=O) groups is 1. The molecular weight excluding hydrogens is 372 g/mol. The van der Waals surface area contributed by atoms with E-state index in [1.54, 1.807) is 36.4 Å². The first-order chi connectivity index (χ1) is 12.9. The molecule has 1 aromatic heterocycles. The molecule has 1 heterocycles. The van der Waals surface area contributed by atoms with Gasteiger partial charge in [-0.1, -0.05) is 12.1 Å². The number of ether oxygens (including phenoxy) is 1. The van der Waals surface area contributed by atoms with Crippen LogP contribution in [0.2, 0.25) is 0 Å². The van der Waals surface area contributed by atoms with Gasteiger partial charge in [0.25, 0.3) is 5.91 Å². The third-order valence-electron chi connectivity index (χ3n) is 3.57. The SMILES string of the molecule is NS(=O)(=O)c1ccc(CNC(=O)COc2ccc(-c3nnco3)cc2)cc1. The summed E-state index contributed by atoms with van der Waals surface area (Å²) in [5.41, 5.74) is 1.48. The van der Waals surface area contributed by atoms with Crippen molar-refractivity contribution in [1.29, 1.82) is 0 Å². The van der Waals surface area contributed by atoms with E-state index < -0.39 is 10.0 Å². The minimum absolute atomic E-state index is 0.0184. The summed E-state index contributed by atoms with van der Waals surface area (Å²) in [6.45, 7) is 0.0817. The Bertz CT molecular complexity index is 1000. The van der Waals surface area contributed by atoms with Crippen LogP contribution >= 0.6 is 0 Å². The van der Waals surface area contributed by atoms with E-state index in [-0.39, 0.29) is 24.0 Å². The van der Waals surface area contributed by atoms with E-state index in [2.05, 4.69) is 15.5 Å². The number of rotatable bonds is 7. The molecule has 140 valence electrons. The first-order valence-corrected chi connectivity index (χ1v) is 9.34. The van der Waals surface area contributed by atoms with Crippen molar-refractivity contribution in [3.8, 4) is 17.2 Å². The number of benzene rings is 2. The standard InChI is InChI=1S/C17H16N4O5S/c18-27(23,24)15-7-1-12(2-8-15)9-19-16(22)10-25-14-5-3-13(4-6-14)17-21-20-11-26-17/h1-8,11H,9-10H2,(H,19,22)(H2,18,23,24). The molecule has 0 unspecified atom stereocenters. The number of carbonyl (C=O) groups excluding carboxylic acids is 1. The van der Waals surface area contributed by atoms with Crippen molar-refractivity contribution in [1.82, 2.24) is 15.5 Å². The van der Waals surface area contributed by atoms with E-state index in [0.717, 1.165) is 11.1 Å². The Morgan fingerprint density at radius 3 is 2.41 bits per heavy atom. The molecule has 9 nitrogen and oxygen atoms in total. The maximum absolute atomic E-state index is 11.9. The minimum Gasteiger partial charge on any atom is -0.484 e. The van der Waals surface area contributed by atoms with E-state index in [1.165, 1.54) is 18.5 Å². The summed E-state index contributed by atoms with van der Waals surface area (Å²) in [6.07, 6.45) is 1.24. The molecule has 0 radical (unpaired) electrons. The van der Waals surface area contributed by atoms with Crippen LogP contribution in [0.25, 0.3) is 11.5 Å². The van der Waals surface area contributed by atoms with E-state index >= 15 is 0 Å². The molecule has 0 fully saturated rings. The van der Waals surface area contributed by atoms with Gasteiger partial charge in [-0.2, -0.15) is 0 Å². The van der Waals surface area contributed by atoms with Crippen molar-refractivity contribution in [2.45, 2.75) is 11.4 Å². The lowest BCUT2D eigenvalue weighted by molar-refractivity contribution is -0.123. The molecule has 27 heavy (non-hydrogen) atoms. The Balaban J connectivity index is 1.47. The van der Waals surface area contributed by atoms with Gasteiger partial charge in [-0.3, -0.25) is 4.79 Å². The molecule has 0 atom stereocenters. The Hall–Kier alpha value is -3.24. The van der Waals surface area contributed by atoms with Crippen molar-refractivity contribution in [2.75, 3.05) is 6.61 Å². The normalized spacial score (nSPS) is 11.1. The van der Waals surface area contributed by atoms with Crippen LogP contribution in [0.3, 0.4) is 0 Å². The Morgan fingerprint density at radius 2 is 1.81 bits per heavy atom. The van der Waals surface area contributed by atoms with Crippen LogP contribution < -0.4 is 15.2 Å². The molecule has 0 spiro atoms. The smallest absolute Gasteiger partial charge is 0.258 e. The van der Waals surface area contributed by atoms with Crippen LogP contribution in [0, 0.1) is 0 Å². The van der Waals surface area contributed by atoms with Crippen LogP contribution in [0.15, 0.2) is 64.2 Å². The monoisotopic (exact) mass is 388 g/mol. The molecule has 0 saturated carbocycles. The molecule has 1 amide bonds. The molecule has 0 saturated heterocycles. The molecule has 10 heteroatoms. The van der Waals surface area contributed by atoms with Crippen molar-refractivity contribution in [3.63, 3.8) is 0 Å². The second-order valence-electron chi connectivity index (χ2n) is 5.52. The summed E-state index contributed by atoms with van der Waals surface area (Å²) in [6, 6.07) is 12.8. The average molecular weight is 388 g/mol. The third-order valence-corrected chi connectivity index (χ3v) is 4.50.